The minimum atomic E-state index is -0.652. The van der Waals surface area contributed by atoms with Crippen LogP contribution in [0.3, 0.4) is 0 Å². The molecule has 37 heavy (non-hydrogen) atoms. The number of carbonyl (C=O) groups excluding carboxylic acids is 3. The van der Waals surface area contributed by atoms with E-state index >= 15 is 0 Å². The van der Waals surface area contributed by atoms with Crippen molar-refractivity contribution < 1.29 is 19.1 Å². The van der Waals surface area contributed by atoms with E-state index in [4.69, 9.17) is 10.5 Å². The summed E-state index contributed by atoms with van der Waals surface area (Å²) in [5.41, 5.74) is 9.01. The predicted octanol–water partition coefficient (Wildman–Crippen LogP) is 5.24. The first-order valence-electron chi connectivity index (χ1n) is 12.5. The third-order valence-corrected chi connectivity index (χ3v) is 8.17. The average Bonchev–Trinajstić information content (AvgIpc) is 3.32. The number of hydrogen-bond acceptors (Lipinski definition) is 7. The number of amides is 2. The van der Waals surface area contributed by atoms with Crippen LogP contribution < -0.4 is 5.73 Å². The van der Waals surface area contributed by atoms with Gasteiger partial charge in [0.2, 0.25) is 0 Å². The summed E-state index contributed by atoms with van der Waals surface area (Å²) in [6, 6.07) is 16.8. The fraction of sp³-hybridized carbons (Fsp3) is 0.345. The molecule has 0 aliphatic carbocycles. The van der Waals surface area contributed by atoms with Crippen molar-refractivity contribution in [1.82, 2.24) is 9.80 Å². The molecule has 2 aromatic carbocycles. The minimum absolute atomic E-state index is 0.0165. The molecule has 2 amide bonds. The largest absolute Gasteiger partial charge is 0.456 e. The summed E-state index contributed by atoms with van der Waals surface area (Å²) in [6.45, 7) is 8.42. The van der Waals surface area contributed by atoms with Gasteiger partial charge in [-0.2, -0.15) is 0 Å². The van der Waals surface area contributed by atoms with Crippen molar-refractivity contribution in [2.75, 3.05) is 18.8 Å². The molecule has 3 aromatic rings. The van der Waals surface area contributed by atoms with Crippen molar-refractivity contribution in [2.24, 2.45) is 0 Å². The Bertz CT molecular complexity index is 1340. The highest BCUT2D eigenvalue weighted by atomic mass is 32.1. The van der Waals surface area contributed by atoms with Gasteiger partial charge in [0.05, 0.1) is 22.7 Å². The van der Waals surface area contributed by atoms with Crippen LogP contribution >= 0.6 is 11.3 Å². The Morgan fingerprint density at radius 1 is 1.05 bits per heavy atom. The smallest absolute Gasteiger partial charge is 0.341 e. The normalized spacial score (nSPS) is 18.5. The van der Waals surface area contributed by atoms with E-state index in [1.807, 2.05) is 39.0 Å². The summed E-state index contributed by atoms with van der Waals surface area (Å²) in [5, 5.41) is 0.404. The van der Waals surface area contributed by atoms with E-state index < -0.39 is 11.6 Å². The van der Waals surface area contributed by atoms with Crippen LogP contribution in [0.25, 0.3) is 0 Å². The lowest BCUT2D eigenvalue weighted by Gasteiger charge is -2.41. The molecule has 1 aromatic heterocycles. The second-order valence-electron chi connectivity index (χ2n) is 10.5. The van der Waals surface area contributed by atoms with Gasteiger partial charge in [0.25, 0.3) is 11.8 Å². The van der Waals surface area contributed by atoms with E-state index in [-0.39, 0.29) is 30.4 Å². The summed E-state index contributed by atoms with van der Waals surface area (Å²) in [6.07, 6.45) is 0.618. The highest BCUT2D eigenvalue weighted by Gasteiger charge is 2.42. The zero-order valence-corrected chi connectivity index (χ0v) is 22.3. The molecule has 0 saturated carbocycles. The maximum absolute atomic E-state index is 13.3. The van der Waals surface area contributed by atoms with Crippen LogP contribution in [0.5, 0.6) is 0 Å². The summed E-state index contributed by atoms with van der Waals surface area (Å²) in [4.78, 5) is 44.2. The quantitative estimate of drug-likeness (QED) is 0.367. The van der Waals surface area contributed by atoms with E-state index in [1.165, 1.54) is 16.2 Å². The van der Waals surface area contributed by atoms with Gasteiger partial charge in [-0.1, -0.05) is 42.5 Å². The van der Waals surface area contributed by atoms with E-state index in [0.29, 0.717) is 34.7 Å². The van der Waals surface area contributed by atoms with E-state index in [2.05, 4.69) is 24.0 Å². The first-order valence-corrected chi connectivity index (χ1v) is 13.3. The number of rotatable bonds is 5. The van der Waals surface area contributed by atoms with Crippen LogP contribution in [0.1, 0.15) is 86.9 Å². The highest BCUT2D eigenvalue weighted by molar-refractivity contribution is 7.16. The minimum Gasteiger partial charge on any atom is -0.456 e. The molecule has 2 aliphatic heterocycles. The second-order valence-corrected chi connectivity index (χ2v) is 11.6. The van der Waals surface area contributed by atoms with Crippen molar-refractivity contribution >= 4 is 34.1 Å². The Morgan fingerprint density at radius 2 is 1.65 bits per heavy atom. The fourth-order valence-electron chi connectivity index (χ4n) is 5.27. The molecule has 0 radical (unpaired) electrons. The molecule has 8 heteroatoms. The van der Waals surface area contributed by atoms with Crippen LogP contribution in [0, 0.1) is 0 Å². The van der Waals surface area contributed by atoms with E-state index in [0.717, 1.165) is 16.0 Å². The summed E-state index contributed by atoms with van der Waals surface area (Å²) in [5.74, 6) is -1.03. The second kappa shape index (κ2) is 9.43. The third kappa shape index (κ3) is 4.55. The zero-order chi connectivity index (χ0) is 26.5. The molecular weight excluding hydrogens is 486 g/mol. The van der Waals surface area contributed by atoms with Crippen molar-refractivity contribution in [3.05, 3.63) is 87.3 Å². The standard InChI is InChI=1S/C29H31N3O4S/c1-17(18-10-6-5-7-11-18)31-15-14-21-23(28(35)36-29(2,3)4)25(30)37-24(21)22(31)16-32-26(33)19-12-8-9-13-20(19)27(32)34/h5-13,17,22H,14-16,30H2,1-4H3/t17-,22?/m0/s1. The van der Waals surface area contributed by atoms with Crippen LogP contribution in [0.4, 0.5) is 5.00 Å². The maximum atomic E-state index is 13.3. The Labute approximate surface area is 220 Å². The molecule has 3 heterocycles. The molecule has 7 nitrogen and oxygen atoms in total. The number of nitrogens with zero attached hydrogens (tertiary/aromatic N) is 2. The maximum Gasteiger partial charge on any atom is 0.341 e. The van der Waals surface area contributed by atoms with E-state index in [1.54, 1.807) is 24.3 Å². The van der Waals surface area contributed by atoms with Crippen molar-refractivity contribution in [3.63, 3.8) is 0 Å². The molecule has 1 unspecified atom stereocenters. The Morgan fingerprint density at radius 3 is 2.24 bits per heavy atom. The number of anilines is 1. The van der Waals surface area contributed by atoms with Gasteiger partial charge in [0.1, 0.15) is 10.6 Å². The van der Waals surface area contributed by atoms with E-state index in [9.17, 15) is 14.4 Å². The topological polar surface area (TPSA) is 92.9 Å². The van der Waals surface area contributed by atoms with Gasteiger partial charge in [0, 0.05) is 24.0 Å². The van der Waals surface area contributed by atoms with Crippen LogP contribution in [0.2, 0.25) is 0 Å². The van der Waals surface area contributed by atoms with Gasteiger partial charge in [-0.15, -0.1) is 11.3 Å². The summed E-state index contributed by atoms with van der Waals surface area (Å²) >= 11 is 1.35. The lowest BCUT2D eigenvalue weighted by Crippen LogP contribution is -2.44. The molecule has 2 atom stereocenters. The van der Waals surface area contributed by atoms with Gasteiger partial charge in [0.15, 0.2) is 0 Å². The number of imide groups is 1. The Kier molecular flexibility index (Phi) is 6.41. The first kappa shape index (κ1) is 25.2. The highest BCUT2D eigenvalue weighted by Crippen LogP contribution is 2.45. The van der Waals surface area contributed by atoms with Gasteiger partial charge in [-0.25, -0.2) is 4.79 Å². The number of fused-ring (bicyclic) bond motifs is 2. The van der Waals surface area contributed by atoms with Gasteiger partial charge in [-0.3, -0.25) is 19.4 Å². The molecule has 192 valence electrons. The van der Waals surface area contributed by atoms with Gasteiger partial charge < -0.3 is 10.5 Å². The molecule has 0 spiro atoms. The third-order valence-electron chi connectivity index (χ3n) is 7.00. The lowest BCUT2D eigenvalue weighted by atomic mass is 9.93. The molecular formula is C29H31N3O4S. The number of nitrogens with two attached hydrogens (primary N) is 1. The van der Waals surface area contributed by atoms with Gasteiger partial charge >= 0.3 is 5.97 Å². The monoisotopic (exact) mass is 517 g/mol. The number of esters is 1. The average molecular weight is 518 g/mol. The summed E-state index contributed by atoms with van der Waals surface area (Å²) < 4.78 is 5.67. The van der Waals surface area contributed by atoms with Crippen LogP contribution in [-0.2, 0) is 11.2 Å². The van der Waals surface area contributed by atoms with Gasteiger partial charge in [-0.05, 0) is 57.4 Å². The molecule has 2 N–H and O–H groups in total. The molecule has 2 aliphatic rings. The lowest BCUT2D eigenvalue weighted by molar-refractivity contribution is 0.00678. The van der Waals surface area contributed by atoms with Crippen molar-refractivity contribution in [1.29, 1.82) is 0 Å². The Balaban J connectivity index is 1.55. The molecule has 0 saturated heterocycles. The van der Waals surface area contributed by atoms with Crippen LogP contribution in [-0.4, -0.2) is 46.3 Å². The molecule has 5 rings (SSSR count). The molecule has 0 fully saturated rings. The number of thiophene rings is 1. The number of carbonyl (C=O) groups is 3. The van der Waals surface area contributed by atoms with Crippen molar-refractivity contribution in [2.45, 2.75) is 51.8 Å². The first-order chi connectivity index (χ1) is 17.6. The summed E-state index contributed by atoms with van der Waals surface area (Å²) in [7, 11) is 0. The number of ether oxygens (including phenoxy) is 1. The van der Waals surface area contributed by atoms with Crippen LogP contribution in [0.15, 0.2) is 54.6 Å². The SMILES string of the molecule is C[C@@H](c1ccccc1)N1CCc2c(sc(N)c2C(=O)OC(C)(C)C)C1CN1C(=O)c2ccccc2C1=O. The molecule has 0 bridgehead atoms. The number of nitrogen functional groups attached to an aromatic ring is 1. The van der Waals surface area contributed by atoms with Crippen molar-refractivity contribution in [3.8, 4) is 0 Å². The zero-order valence-electron chi connectivity index (χ0n) is 21.5. The predicted molar refractivity (Wildman–Crippen MR) is 144 cm³/mol. The Hall–Kier alpha value is -3.49. The number of benzene rings is 2. The fourth-order valence-corrected chi connectivity index (χ4v) is 6.49. The number of hydrogen-bond donors (Lipinski definition) is 1.